The van der Waals surface area contributed by atoms with E-state index in [1.165, 1.54) is 6.07 Å². The van der Waals surface area contributed by atoms with Gasteiger partial charge in [0.15, 0.2) is 0 Å². The van der Waals surface area contributed by atoms with E-state index in [0.29, 0.717) is 5.69 Å². The summed E-state index contributed by atoms with van der Waals surface area (Å²) in [5, 5.41) is 0.882. The van der Waals surface area contributed by atoms with Gasteiger partial charge in [-0.2, -0.15) is 0 Å². The number of sulfonamides is 1. The van der Waals surface area contributed by atoms with Gasteiger partial charge in [-0.25, -0.2) is 22.5 Å². The molecule has 0 saturated carbocycles. The van der Waals surface area contributed by atoms with Gasteiger partial charge in [0.2, 0.25) is 10.0 Å². The highest BCUT2D eigenvalue weighted by molar-refractivity contribution is 7.89. The van der Waals surface area contributed by atoms with Crippen molar-refractivity contribution in [1.82, 2.24) is 9.71 Å². The van der Waals surface area contributed by atoms with Gasteiger partial charge in [-0.3, -0.25) is 0 Å². The lowest BCUT2D eigenvalue weighted by molar-refractivity contribution is 0.0254. The summed E-state index contributed by atoms with van der Waals surface area (Å²) in [6, 6.07) is 4.22. The van der Waals surface area contributed by atoms with Gasteiger partial charge in [0, 0.05) is 49.8 Å². The van der Waals surface area contributed by atoms with Crippen LogP contribution in [0, 0.1) is 18.2 Å². The Labute approximate surface area is 181 Å². The molecule has 2 aliphatic heterocycles. The lowest BCUT2D eigenvalue weighted by Gasteiger charge is -2.33. The molecule has 1 aromatic carbocycles. The lowest BCUT2D eigenvalue weighted by Crippen LogP contribution is -2.33. The van der Waals surface area contributed by atoms with Gasteiger partial charge in [0.25, 0.3) is 0 Å². The van der Waals surface area contributed by atoms with Gasteiger partial charge in [0.05, 0.1) is 15.6 Å². The minimum atomic E-state index is -3.79. The Morgan fingerprint density at radius 3 is 2.77 bits per heavy atom. The van der Waals surface area contributed by atoms with Crippen molar-refractivity contribution in [2.24, 2.45) is 5.41 Å². The van der Waals surface area contributed by atoms with Crippen LogP contribution in [0.25, 0.3) is 0 Å². The first-order chi connectivity index (χ1) is 14.3. The first-order valence-electron chi connectivity index (χ1n) is 10.3. The number of thiazole rings is 1. The van der Waals surface area contributed by atoms with E-state index in [0.717, 1.165) is 61.5 Å². The van der Waals surface area contributed by atoms with Crippen LogP contribution >= 0.6 is 11.3 Å². The Morgan fingerprint density at radius 2 is 2.10 bits per heavy atom. The minimum Gasteiger partial charge on any atom is -0.381 e. The summed E-state index contributed by atoms with van der Waals surface area (Å²) in [5.74, 6) is -0.548. The second kappa shape index (κ2) is 8.53. The van der Waals surface area contributed by atoms with Crippen molar-refractivity contribution in [1.29, 1.82) is 0 Å². The van der Waals surface area contributed by atoms with Crippen LogP contribution in [0.3, 0.4) is 0 Å². The highest BCUT2D eigenvalue weighted by Crippen LogP contribution is 2.42. The third-order valence-electron chi connectivity index (χ3n) is 6.20. The van der Waals surface area contributed by atoms with Crippen LogP contribution < -0.4 is 9.62 Å². The summed E-state index contributed by atoms with van der Waals surface area (Å²) in [4.78, 5) is 7.38. The molecule has 0 bridgehead atoms. The third kappa shape index (κ3) is 4.54. The van der Waals surface area contributed by atoms with Crippen LogP contribution in [0.15, 0.2) is 29.3 Å². The Balaban J connectivity index is 1.43. The van der Waals surface area contributed by atoms with E-state index in [1.807, 2.05) is 18.7 Å². The minimum absolute atomic E-state index is 0.0498. The van der Waals surface area contributed by atoms with Gasteiger partial charge in [-0.05, 0) is 49.8 Å². The fourth-order valence-corrected chi connectivity index (χ4v) is 6.24. The van der Waals surface area contributed by atoms with E-state index in [2.05, 4.69) is 9.71 Å². The number of aromatic nitrogens is 1. The van der Waals surface area contributed by atoms with Crippen molar-refractivity contribution >= 4 is 27.0 Å². The highest BCUT2D eigenvalue weighted by atomic mass is 32.2. The third-order valence-corrected chi connectivity index (χ3v) is 8.77. The lowest BCUT2D eigenvalue weighted by atomic mass is 9.80. The van der Waals surface area contributed by atoms with Crippen molar-refractivity contribution in [3.05, 3.63) is 40.1 Å². The number of hydrogen-bond donors (Lipinski definition) is 1. The van der Waals surface area contributed by atoms with E-state index in [9.17, 15) is 12.8 Å². The number of rotatable bonds is 6. The van der Waals surface area contributed by atoms with Crippen molar-refractivity contribution in [2.75, 3.05) is 37.7 Å². The van der Waals surface area contributed by atoms with Gasteiger partial charge >= 0.3 is 0 Å². The summed E-state index contributed by atoms with van der Waals surface area (Å²) < 4.78 is 48.3. The van der Waals surface area contributed by atoms with E-state index in [1.54, 1.807) is 23.6 Å². The molecule has 2 fully saturated rings. The molecule has 30 heavy (non-hydrogen) atoms. The summed E-state index contributed by atoms with van der Waals surface area (Å²) in [6.45, 7) is 7.21. The van der Waals surface area contributed by atoms with Crippen molar-refractivity contribution in [3.8, 4) is 0 Å². The van der Waals surface area contributed by atoms with Gasteiger partial charge in [-0.15, -0.1) is 11.3 Å². The van der Waals surface area contributed by atoms with Crippen LogP contribution in [0.2, 0.25) is 0 Å². The topological polar surface area (TPSA) is 71.5 Å². The maximum absolute atomic E-state index is 14.9. The molecule has 164 valence electrons. The van der Waals surface area contributed by atoms with Crippen molar-refractivity contribution in [2.45, 2.75) is 43.9 Å². The van der Waals surface area contributed by atoms with Crippen molar-refractivity contribution < 1.29 is 17.5 Å². The van der Waals surface area contributed by atoms with Crippen LogP contribution in [0.4, 0.5) is 10.1 Å². The van der Waals surface area contributed by atoms with E-state index in [4.69, 9.17) is 4.74 Å². The first-order valence-corrected chi connectivity index (χ1v) is 12.6. The Hall–Kier alpha value is -1.55. The zero-order chi connectivity index (χ0) is 21.4. The van der Waals surface area contributed by atoms with E-state index in [-0.39, 0.29) is 22.8 Å². The average molecular weight is 454 g/mol. The van der Waals surface area contributed by atoms with E-state index < -0.39 is 15.8 Å². The quantitative estimate of drug-likeness (QED) is 0.723. The second-order valence-corrected chi connectivity index (χ2v) is 11.5. The predicted octanol–water partition coefficient (Wildman–Crippen LogP) is 3.68. The Bertz CT molecular complexity index is 1000. The Kier molecular flexibility index (Phi) is 6.16. The molecule has 0 amide bonds. The number of aryl methyl sites for hydroxylation is 1. The molecule has 6 nitrogen and oxygen atoms in total. The largest absolute Gasteiger partial charge is 0.381 e. The second-order valence-electron chi connectivity index (χ2n) is 8.46. The molecule has 2 aromatic rings. The van der Waals surface area contributed by atoms with Gasteiger partial charge < -0.3 is 9.64 Å². The monoisotopic (exact) mass is 453 g/mol. The van der Waals surface area contributed by atoms with Crippen LogP contribution in [0.5, 0.6) is 0 Å². The smallest absolute Gasteiger partial charge is 0.240 e. The number of nitrogens with zero attached hydrogens (tertiary/aromatic N) is 2. The average Bonchev–Trinajstić information content (AvgIpc) is 3.33. The van der Waals surface area contributed by atoms with Gasteiger partial charge in [-0.1, -0.05) is 6.92 Å². The molecule has 1 unspecified atom stereocenters. The molecule has 0 radical (unpaired) electrons. The highest BCUT2D eigenvalue weighted by Gasteiger charge is 2.40. The van der Waals surface area contributed by atoms with Crippen molar-refractivity contribution in [3.63, 3.8) is 0 Å². The first kappa shape index (κ1) is 21.7. The maximum Gasteiger partial charge on any atom is 0.240 e. The number of hydrogen-bond acceptors (Lipinski definition) is 6. The molecule has 2 aliphatic rings. The molecule has 0 aliphatic carbocycles. The summed E-state index contributed by atoms with van der Waals surface area (Å²) in [7, 11) is -3.79. The van der Waals surface area contributed by atoms with Crippen LogP contribution in [-0.2, 0) is 14.8 Å². The maximum atomic E-state index is 14.9. The summed E-state index contributed by atoms with van der Waals surface area (Å²) in [6.07, 6.45) is 4.80. The molecule has 1 aromatic heterocycles. The predicted molar refractivity (Wildman–Crippen MR) is 116 cm³/mol. The standard InChI is InChI=1S/C21H28FN3O3S2/c1-15(20-23-13-16(2)29-20)12-24-30(26,27)17-3-4-19(18(22)11-17)25-8-5-21(14-25)6-9-28-10-7-21/h3-4,11,13,15,24H,5-10,12,14H2,1-2H3. The van der Waals surface area contributed by atoms with E-state index >= 15 is 0 Å². The summed E-state index contributed by atoms with van der Waals surface area (Å²) >= 11 is 1.55. The van der Waals surface area contributed by atoms with Crippen LogP contribution in [-0.4, -0.2) is 46.2 Å². The SMILES string of the molecule is Cc1cnc(C(C)CNS(=O)(=O)c2ccc(N3CCC4(CCOCC4)C3)c(F)c2)s1. The molecular formula is C21H28FN3O3S2. The number of nitrogens with one attached hydrogen (secondary N) is 1. The normalized spacial score (nSPS) is 20.0. The zero-order valence-corrected chi connectivity index (χ0v) is 19.0. The number of ether oxygens (including phenoxy) is 1. The Morgan fingerprint density at radius 1 is 1.33 bits per heavy atom. The molecule has 1 spiro atoms. The molecule has 1 N–H and O–H groups in total. The van der Waals surface area contributed by atoms with Crippen LogP contribution in [0.1, 0.15) is 42.0 Å². The molecule has 1 atom stereocenters. The fourth-order valence-electron chi connectivity index (χ4n) is 4.27. The summed E-state index contributed by atoms with van der Waals surface area (Å²) in [5.41, 5.74) is 0.672. The zero-order valence-electron chi connectivity index (χ0n) is 17.4. The molecule has 4 rings (SSSR count). The number of benzene rings is 1. The van der Waals surface area contributed by atoms with Gasteiger partial charge in [0.1, 0.15) is 5.82 Å². The molecular weight excluding hydrogens is 425 g/mol. The molecule has 9 heteroatoms. The fraction of sp³-hybridized carbons (Fsp3) is 0.571. The molecule has 2 saturated heterocycles. The molecule has 3 heterocycles. The number of anilines is 1. The number of halogens is 1.